The molecule has 0 N–H and O–H groups in total. The molecule has 1 rings (SSSR count). The first-order valence-corrected chi connectivity index (χ1v) is 4.21. The number of methoxy groups -OCH3 is 1. The Hall–Kier alpha value is -1.36. The third-order valence-corrected chi connectivity index (χ3v) is 1.59. The third-order valence-electron chi connectivity index (χ3n) is 1.23. The summed E-state index contributed by atoms with van der Waals surface area (Å²) in [5.74, 6) is 0.585. The van der Waals surface area contributed by atoms with Crippen molar-refractivity contribution in [3.05, 3.63) is 24.3 Å². The molecule has 0 aliphatic carbocycles. The Kier molecular flexibility index (Phi) is 2.82. The van der Waals surface area contributed by atoms with Crippen molar-refractivity contribution in [1.82, 2.24) is 0 Å². The molecular formula is C7H7NO3S. The second-order valence-electron chi connectivity index (χ2n) is 2.01. The Labute approximate surface area is 71.5 Å². The van der Waals surface area contributed by atoms with E-state index >= 15 is 0 Å². The van der Waals surface area contributed by atoms with Gasteiger partial charge in [0.15, 0.2) is 0 Å². The maximum absolute atomic E-state index is 10.2. The Bertz CT molecular complexity index is 389. The highest BCUT2D eigenvalue weighted by Gasteiger charge is 1.92. The van der Waals surface area contributed by atoms with Crippen LogP contribution >= 0.6 is 0 Å². The molecule has 0 bridgehead atoms. The van der Waals surface area contributed by atoms with E-state index in [1.54, 1.807) is 18.2 Å². The lowest BCUT2D eigenvalue weighted by atomic mass is 10.3. The summed E-state index contributed by atoms with van der Waals surface area (Å²) < 4.78 is 28.5. The molecule has 0 radical (unpaired) electrons. The van der Waals surface area contributed by atoms with Crippen LogP contribution in [0.2, 0.25) is 0 Å². The van der Waals surface area contributed by atoms with Crippen molar-refractivity contribution < 1.29 is 13.2 Å². The molecule has 0 aliphatic rings. The fourth-order valence-corrected chi connectivity index (χ4v) is 1.04. The van der Waals surface area contributed by atoms with E-state index in [1.807, 2.05) is 0 Å². The maximum Gasteiger partial charge on any atom is 0.316 e. The zero-order valence-corrected chi connectivity index (χ0v) is 7.21. The Morgan fingerprint density at radius 1 is 1.42 bits per heavy atom. The van der Waals surface area contributed by atoms with Crippen molar-refractivity contribution in [2.24, 2.45) is 4.36 Å². The molecule has 0 amide bonds. The fourth-order valence-electron chi connectivity index (χ4n) is 0.753. The summed E-state index contributed by atoms with van der Waals surface area (Å²) >= 11 is 0. The molecule has 0 saturated heterocycles. The first-order chi connectivity index (χ1) is 5.72. The molecule has 4 nitrogen and oxygen atoms in total. The molecule has 0 heterocycles. The SMILES string of the molecule is COc1cccc(N=S(=O)=O)c1. The molecule has 0 fully saturated rings. The molecule has 0 unspecified atom stereocenters. The number of hydrogen-bond donors (Lipinski definition) is 0. The standard InChI is InChI=1S/C7H7NO3S/c1-11-7-4-2-3-6(5-7)8-12(9)10/h2-5H,1H3. The second-order valence-corrected chi connectivity index (χ2v) is 2.63. The molecule has 0 saturated carbocycles. The third kappa shape index (κ3) is 2.35. The summed E-state index contributed by atoms with van der Waals surface area (Å²) in [6.07, 6.45) is 0. The van der Waals surface area contributed by atoms with Gasteiger partial charge in [-0.25, -0.2) is 0 Å². The van der Waals surface area contributed by atoms with E-state index in [0.717, 1.165) is 0 Å². The van der Waals surface area contributed by atoms with Crippen LogP contribution in [0.25, 0.3) is 0 Å². The summed E-state index contributed by atoms with van der Waals surface area (Å²) in [4.78, 5) is 0. The fraction of sp³-hybridized carbons (Fsp3) is 0.143. The molecule has 0 atom stereocenters. The number of nitrogens with zero attached hydrogens (tertiary/aromatic N) is 1. The van der Waals surface area contributed by atoms with Crippen LogP contribution in [0, 0.1) is 0 Å². The zero-order chi connectivity index (χ0) is 8.97. The minimum atomic E-state index is -2.41. The molecule has 0 aliphatic heterocycles. The van der Waals surface area contributed by atoms with E-state index in [9.17, 15) is 8.42 Å². The van der Waals surface area contributed by atoms with Crippen molar-refractivity contribution in [3.8, 4) is 5.75 Å². The van der Waals surface area contributed by atoms with E-state index in [2.05, 4.69) is 4.36 Å². The molecule has 12 heavy (non-hydrogen) atoms. The quantitative estimate of drug-likeness (QED) is 0.699. The van der Waals surface area contributed by atoms with Gasteiger partial charge < -0.3 is 4.74 Å². The van der Waals surface area contributed by atoms with Crippen LogP contribution in [0.4, 0.5) is 5.69 Å². The van der Waals surface area contributed by atoms with Gasteiger partial charge in [-0.1, -0.05) is 6.07 Å². The van der Waals surface area contributed by atoms with Crippen LogP contribution in [0.15, 0.2) is 28.6 Å². The largest absolute Gasteiger partial charge is 0.497 e. The molecule has 64 valence electrons. The highest BCUT2D eigenvalue weighted by Crippen LogP contribution is 2.18. The maximum atomic E-state index is 10.2. The van der Waals surface area contributed by atoms with E-state index in [0.29, 0.717) is 11.4 Å². The van der Waals surface area contributed by atoms with Gasteiger partial charge in [-0.15, -0.1) is 4.36 Å². The molecule has 5 heteroatoms. The van der Waals surface area contributed by atoms with Gasteiger partial charge >= 0.3 is 10.5 Å². The van der Waals surface area contributed by atoms with Gasteiger partial charge in [0.1, 0.15) is 5.75 Å². The predicted octanol–water partition coefficient (Wildman–Crippen LogP) is 1.39. The van der Waals surface area contributed by atoms with Crippen molar-refractivity contribution in [2.45, 2.75) is 0 Å². The van der Waals surface area contributed by atoms with Crippen molar-refractivity contribution in [1.29, 1.82) is 0 Å². The summed E-state index contributed by atoms with van der Waals surface area (Å²) in [5.41, 5.74) is 0.364. The Balaban J connectivity index is 3.10. The van der Waals surface area contributed by atoms with Gasteiger partial charge in [0.05, 0.1) is 12.8 Å². The Morgan fingerprint density at radius 2 is 2.17 bits per heavy atom. The van der Waals surface area contributed by atoms with Crippen LogP contribution in [-0.4, -0.2) is 15.5 Å². The van der Waals surface area contributed by atoms with Crippen LogP contribution in [-0.2, 0) is 10.5 Å². The molecule has 1 aromatic rings. The monoisotopic (exact) mass is 185 g/mol. The number of rotatable bonds is 2. The van der Waals surface area contributed by atoms with Gasteiger partial charge in [-0.3, -0.25) is 0 Å². The number of hydrogen-bond acceptors (Lipinski definition) is 4. The summed E-state index contributed by atoms with van der Waals surface area (Å²) in [7, 11) is -0.900. The summed E-state index contributed by atoms with van der Waals surface area (Å²) in [6.45, 7) is 0. The zero-order valence-electron chi connectivity index (χ0n) is 6.39. The topological polar surface area (TPSA) is 55.7 Å². The molecule has 0 spiro atoms. The van der Waals surface area contributed by atoms with Crippen molar-refractivity contribution >= 4 is 16.2 Å². The van der Waals surface area contributed by atoms with E-state index in [1.165, 1.54) is 13.2 Å². The lowest BCUT2D eigenvalue weighted by molar-refractivity contribution is 0.415. The van der Waals surface area contributed by atoms with Crippen molar-refractivity contribution in [2.75, 3.05) is 7.11 Å². The predicted molar refractivity (Wildman–Crippen MR) is 44.0 cm³/mol. The van der Waals surface area contributed by atoms with Crippen LogP contribution in [0.1, 0.15) is 0 Å². The van der Waals surface area contributed by atoms with Gasteiger partial charge in [-0.2, -0.15) is 8.42 Å². The lowest BCUT2D eigenvalue weighted by Gasteiger charge is -1.97. The highest BCUT2D eigenvalue weighted by atomic mass is 32.2. The van der Waals surface area contributed by atoms with E-state index < -0.39 is 10.5 Å². The van der Waals surface area contributed by atoms with Gasteiger partial charge in [0.2, 0.25) is 0 Å². The summed E-state index contributed by atoms with van der Waals surface area (Å²) in [6, 6.07) is 6.51. The van der Waals surface area contributed by atoms with Crippen molar-refractivity contribution in [3.63, 3.8) is 0 Å². The highest BCUT2D eigenvalue weighted by molar-refractivity contribution is 7.61. The van der Waals surface area contributed by atoms with Crippen LogP contribution in [0.5, 0.6) is 5.75 Å². The first-order valence-electron chi connectivity index (χ1n) is 3.17. The first kappa shape index (κ1) is 8.73. The van der Waals surface area contributed by atoms with Gasteiger partial charge in [0, 0.05) is 6.07 Å². The summed E-state index contributed by atoms with van der Waals surface area (Å²) in [5, 5.41) is 0. The molecule has 0 aromatic heterocycles. The normalized spacial score (nSPS) is 9.08. The van der Waals surface area contributed by atoms with Gasteiger partial charge in [-0.05, 0) is 12.1 Å². The number of ether oxygens (including phenoxy) is 1. The molecule has 1 aromatic carbocycles. The van der Waals surface area contributed by atoms with Crippen LogP contribution < -0.4 is 4.74 Å². The van der Waals surface area contributed by atoms with E-state index in [-0.39, 0.29) is 0 Å². The minimum Gasteiger partial charge on any atom is -0.497 e. The van der Waals surface area contributed by atoms with Crippen LogP contribution in [0.3, 0.4) is 0 Å². The van der Waals surface area contributed by atoms with E-state index in [4.69, 9.17) is 4.74 Å². The molecular weight excluding hydrogens is 178 g/mol. The smallest absolute Gasteiger partial charge is 0.316 e. The average Bonchev–Trinajstić information content (AvgIpc) is 2.03. The van der Waals surface area contributed by atoms with Gasteiger partial charge in [0.25, 0.3) is 0 Å². The average molecular weight is 185 g/mol. The minimum absolute atomic E-state index is 0.364. The lowest BCUT2D eigenvalue weighted by Crippen LogP contribution is -1.79. The number of benzene rings is 1. The Morgan fingerprint density at radius 3 is 2.75 bits per heavy atom. The second kappa shape index (κ2) is 3.87.